The average molecular weight is 292 g/mol. The second-order valence-electron chi connectivity index (χ2n) is 4.70. The molecule has 0 fully saturated rings. The van der Waals surface area contributed by atoms with Crippen molar-refractivity contribution >= 4 is 11.9 Å². The number of rotatable bonds is 5. The Hall–Kier alpha value is -2.71. The van der Waals surface area contributed by atoms with Gasteiger partial charge in [-0.15, -0.1) is 5.10 Å². The molecule has 1 amide bonds. The Labute approximate surface area is 120 Å². The number of amides is 1. The monoisotopic (exact) mass is 292 g/mol. The van der Waals surface area contributed by atoms with Gasteiger partial charge in [0.15, 0.2) is 5.69 Å². The second-order valence-corrected chi connectivity index (χ2v) is 4.70. The fraction of sp³-hybridized carbons (Fsp3) is 0.417. The molecule has 2 rings (SSSR count). The molecule has 9 nitrogen and oxygen atoms in total. The molecule has 0 spiro atoms. The lowest BCUT2D eigenvalue weighted by Crippen LogP contribution is -2.15. The van der Waals surface area contributed by atoms with Crippen molar-refractivity contribution in [2.45, 2.75) is 26.8 Å². The van der Waals surface area contributed by atoms with Crippen LogP contribution in [0.5, 0.6) is 0 Å². The van der Waals surface area contributed by atoms with Crippen molar-refractivity contribution in [3.63, 3.8) is 0 Å². The minimum absolute atomic E-state index is 0.0494. The maximum absolute atomic E-state index is 11.3. The summed E-state index contributed by atoms with van der Waals surface area (Å²) in [4.78, 5) is 22.3. The van der Waals surface area contributed by atoms with E-state index < -0.39 is 11.9 Å². The van der Waals surface area contributed by atoms with E-state index in [2.05, 4.69) is 15.4 Å². The molecule has 0 aliphatic rings. The first kappa shape index (κ1) is 14.7. The zero-order valence-corrected chi connectivity index (χ0v) is 12.0. The van der Waals surface area contributed by atoms with Crippen LogP contribution >= 0.6 is 0 Å². The van der Waals surface area contributed by atoms with Crippen molar-refractivity contribution in [2.24, 2.45) is 12.8 Å². The zero-order chi connectivity index (χ0) is 15.7. The van der Waals surface area contributed by atoms with E-state index in [0.717, 1.165) is 5.69 Å². The Morgan fingerprint density at radius 2 is 2.00 bits per heavy atom. The Kier molecular flexibility index (Phi) is 3.74. The van der Waals surface area contributed by atoms with Gasteiger partial charge in [0.25, 0.3) is 0 Å². The van der Waals surface area contributed by atoms with Gasteiger partial charge < -0.3 is 10.8 Å². The number of hydrogen-bond acceptors (Lipinski definition) is 5. The van der Waals surface area contributed by atoms with Crippen LogP contribution in [0.2, 0.25) is 0 Å². The van der Waals surface area contributed by atoms with Crippen LogP contribution in [-0.2, 0) is 18.4 Å². The molecule has 112 valence electrons. The van der Waals surface area contributed by atoms with Crippen LogP contribution in [0.3, 0.4) is 0 Å². The van der Waals surface area contributed by atoms with E-state index in [1.54, 1.807) is 18.7 Å². The Morgan fingerprint density at radius 1 is 1.33 bits per heavy atom. The summed E-state index contributed by atoms with van der Waals surface area (Å²) in [6.07, 6.45) is 0.0494. The number of aromatic nitrogens is 5. The van der Waals surface area contributed by atoms with Crippen LogP contribution in [0.4, 0.5) is 0 Å². The van der Waals surface area contributed by atoms with Crippen molar-refractivity contribution in [3.05, 3.63) is 17.1 Å². The number of carboxylic acid groups (broad SMARTS) is 1. The standard InChI is InChI=1S/C12H16N6O3/c1-6-9(7(2)17(3)15-6)11-10(12(20)21)14-16-18(11)5-4-8(13)19/h4-5H2,1-3H3,(H2,13,19)(H,20,21). The Balaban J connectivity index is 2.61. The van der Waals surface area contributed by atoms with Gasteiger partial charge in [0.1, 0.15) is 5.69 Å². The first-order chi connectivity index (χ1) is 9.82. The number of nitrogens with zero attached hydrogens (tertiary/aromatic N) is 5. The molecular formula is C12H16N6O3. The molecule has 0 saturated carbocycles. The second kappa shape index (κ2) is 5.35. The van der Waals surface area contributed by atoms with Crippen LogP contribution in [0, 0.1) is 13.8 Å². The highest BCUT2D eigenvalue weighted by Gasteiger charge is 2.25. The van der Waals surface area contributed by atoms with E-state index in [1.807, 2.05) is 6.92 Å². The summed E-state index contributed by atoms with van der Waals surface area (Å²) >= 11 is 0. The molecule has 0 aromatic carbocycles. The Morgan fingerprint density at radius 3 is 2.48 bits per heavy atom. The van der Waals surface area contributed by atoms with Crippen LogP contribution in [0.25, 0.3) is 11.3 Å². The van der Waals surface area contributed by atoms with Crippen LogP contribution in [0.15, 0.2) is 0 Å². The van der Waals surface area contributed by atoms with E-state index in [1.165, 1.54) is 4.68 Å². The number of carbonyl (C=O) groups is 2. The number of carboxylic acids is 1. The van der Waals surface area contributed by atoms with Gasteiger partial charge in [-0.2, -0.15) is 5.10 Å². The summed E-state index contributed by atoms with van der Waals surface area (Å²) in [6, 6.07) is 0. The van der Waals surface area contributed by atoms with Crippen molar-refractivity contribution in [1.82, 2.24) is 24.8 Å². The van der Waals surface area contributed by atoms with E-state index in [-0.39, 0.29) is 18.7 Å². The topological polar surface area (TPSA) is 129 Å². The summed E-state index contributed by atoms with van der Waals surface area (Å²) < 4.78 is 3.03. The molecule has 0 radical (unpaired) electrons. The van der Waals surface area contributed by atoms with Gasteiger partial charge >= 0.3 is 5.97 Å². The first-order valence-corrected chi connectivity index (χ1v) is 6.28. The summed E-state index contributed by atoms with van der Waals surface area (Å²) in [5.74, 6) is -1.68. The lowest BCUT2D eigenvalue weighted by atomic mass is 10.1. The average Bonchev–Trinajstić information content (AvgIpc) is 2.89. The summed E-state index contributed by atoms with van der Waals surface area (Å²) in [5.41, 5.74) is 7.41. The lowest BCUT2D eigenvalue weighted by Gasteiger charge is -2.07. The van der Waals surface area contributed by atoms with E-state index in [0.29, 0.717) is 17.0 Å². The molecule has 3 N–H and O–H groups in total. The molecule has 0 bridgehead atoms. The highest BCUT2D eigenvalue weighted by molar-refractivity contribution is 5.93. The smallest absolute Gasteiger partial charge is 0.358 e. The lowest BCUT2D eigenvalue weighted by molar-refractivity contribution is -0.118. The number of hydrogen-bond donors (Lipinski definition) is 2. The highest BCUT2D eigenvalue weighted by atomic mass is 16.4. The van der Waals surface area contributed by atoms with Crippen molar-refractivity contribution < 1.29 is 14.7 Å². The predicted octanol–water partition coefficient (Wildman–Crippen LogP) is -0.131. The predicted molar refractivity (Wildman–Crippen MR) is 72.5 cm³/mol. The third kappa shape index (κ3) is 2.62. The molecular weight excluding hydrogens is 276 g/mol. The summed E-state index contributed by atoms with van der Waals surface area (Å²) in [6.45, 7) is 3.77. The van der Waals surface area contributed by atoms with Gasteiger partial charge in [0.05, 0.1) is 12.2 Å². The largest absolute Gasteiger partial charge is 0.476 e. The molecule has 9 heteroatoms. The van der Waals surface area contributed by atoms with Gasteiger partial charge in [0.2, 0.25) is 5.91 Å². The minimum Gasteiger partial charge on any atom is -0.476 e. The van der Waals surface area contributed by atoms with Crippen LogP contribution < -0.4 is 5.73 Å². The fourth-order valence-electron chi connectivity index (χ4n) is 2.19. The molecule has 21 heavy (non-hydrogen) atoms. The third-order valence-corrected chi connectivity index (χ3v) is 3.25. The molecule has 0 unspecified atom stereocenters. The SMILES string of the molecule is Cc1nn(C)c(C)c1-c1c(C(=O)O)nnn1CCC(N)=O. The number of nitrogens with two attached hydrogens (primary N) is 1. The number of aryl methyl sites for hydroxylation is 3. The van der Waals surface area contributed by atoms with Crippen molar-refractivity contribution in [1.29, 1.82) is 0 Å². The fourth-order valence-corrected chi connectivity index (χ4v) is 2.19. The molecule has 0 aliphatic carbocycles. The van der Waals surface area contributed by atoms with E-state index in [9.17, 15) is 14.7 Å². The molecule has 0 aliphatic heterocycles. The van der Waals surface area contributed by atoms with Gasteiger partial charge in [-0.05, 0) is 13.8 Å². The maximum atomic E-state index is 11.3. The third-order valence-electron chi connectivity index (χ3n) is 3.25. The maximum Gasteiger partial charge on any atom is 0.358 e. The Bertz CT molecular complexity index is 715. The number of aromatic carboxylic acids is 1. The first-order valence-electron chi connectivity index (χ1n) is 6.28. The zero-order valence-electron chi connectivity index (χ0n) is 12.0. The summed E-state index contributed by atoms with van der Waals surface area (Å²) in [7, 11) is 1.77. The minimum atomic E-state index is -1.18. The molecule has 0 saturated heterocycles. The van der Waals surface area contributed by atoms with Gasteiger partial charge in [-0.3, -0.25) is 9.48 Å². The molecule has 2 aromatic heterocycles. The molecule has 0 atom stereocenters. The van der Waals surface area contributed by atoms with E-state index >= 15 is 0 Å². The van der Waals surface area contributed by atoms with Crippen molar-refractivity contribution in [2.75, 3.05) is 0 Å². The van der Waals surface area contributed by atoms with Crippen molar-refractivity contribution in [3.8, 4) is 11.3 Å². The molecule has 2 aromatic rings. The van der Waals surface area contributed by atoms with Gasteiger partial charge in [-0.1, -0.05) is 5.21 Å². The van der Waals surface area contributed by atoms with Gasteiger partial charge in [0, 0.05) is 24.7 Å². The highest BCUT2D eigenvalue weighted by Crippen LogP contribution is 2.28. The number of primary amides is 1. The molecule has 2 heterocycles. The van der Waals surface area contributed by atoms with Gasteiger partial charge in [-0.25, -0.2) is 9.48 Å². The van der Waals surface area contributed by atoms with Crippen LogP contribution in [-0.4, -0.2) is 41.8 Å². The number of carbonyl (C=O) groups excluding carboxylic acids is 1. The quantitative estimate of drug-likeness (QED) is 0.789. The normalized spacial score (nSPS) is 10.8. The summed E-state index contributed by atoms with van der Waals surface area (Å²) in [5, 5.41) is 21.0. The van der Waals surface area contributed by atoms with Crippen LogP contribution in [0.1, 0.15) is 28.3 Å². The van der Waals surface area contributed by atoms with E-state index in [4.69, 9.17) is 5.73 Å².